The average Bonchev–Trinajstić information content (AvgIpc) is 2.82. The van der Waals surface area contributed by atoms with Gasteiger partial charge < -0.3 is 29.9 Å². The molecule has 0 spiro atoms. The second kappa shape index (κ2) is 27.3. The molecular formula is C42H82O9Zr. The molecule has 0 heterocycles. The molecule has 0 aliphatic carbocycles. The Bertz CT molecular complexity index is 879. The van der Waals surface area contributed by atoms with Crippen molar-refractivity contribution in [1.82, 2.24) is 0 Å². The van der Waals surface area contributed by atoms with E-state index in [0.29, 0.717) is 26.4 Å². The Kier molecular flexibility index (Phi) is 31.4. The standard InChI is InChI=1S/C12H22O3.3C10H20O2.Zr/c1-4-7-14-10-12(6-3,9-13)11-15-8-5-2;3*1-9(2,3)7-10(4,5)6-8(11)12;/h4-5,13H,1-2,6-11H2,3H3;3*6-7H2,1-5H3,(H,11,12);. The second-order valence-corrected chi connectivity index (χ2v) is 20.0. The summed E-state index contributed by atoms with van der Waals surface area (Å²) in [5, 5.41) is 35.3. The molecule has 0 atom stereocenters. The van der Waals surface area contributed by atoms with Crippen LogP contribution in [0.2, 0.25) is 0 Å². The number of rotatable bonds is 19. The van der Waals surface area contributed by atoms with E-state index in [4.69, 9.17) is 24.8 Å². The number of aliphatic hydroxyl groups excluding tert-OH is 1. The number of ether oxygens (including phenoxy) is 2. The number of aliphatic carboxylic acids is 3. The van der Waals surface area contributed by atoms with E-state index in [2.05, 4.69) is 75.5 Å². The van der Waals surface area contributed by atoms with Crippen molar-refractivity contribution >= 4 is 17.9 Å². The average molecular weight is 822 g/mol. The Hall–Kier alpha value is -1.35. The predicted molar refractivity (Wildman–Crippen MR) is 212 cm³/mol. The van der Waals surface area contributed by atoms with Crippen molar-refractivity contribution in [2.24, 2.45) is 37.9 Å². The van der Waals surface area contributed by atoms with E-state index in [0.717, 1.165) is 25.7 Å². The number of carboxylic acid groups (broad SMARTS) is 3. The van der Waals surface area contributed by atoms with E-state index in [1.165, 1.54) is 0 Å². The van der Waals surface area contributed by atoms with Gasteiger partial charge in [-0.1, -0.05) is 123 Å². The maximum Gasteiger partial charge on any atom is 0.303 e. The Balaban J connectivity index is -0.000000189. The molecule has 0 aromatic heterocycles. The summed E-state index contributed by atoms with van der Waals surface area (Å²) in [4.78, 5) is 31.5. The van der Waals surface area contributed by atoms with Crippen molar-refractivity contribution < 1.29 is 70.5 Å². The van der Waals surface area contributed by atoms with Gasteiger partial charge in [-0.3, -0.25) is 14.4 Å². The SMILES string of the molecule is C=CCOCC(CC)(CO)COCC=C.CC(C)(C)CC(C)(C)CC(=O)O.CC(C)(C)CC(C)(C)CC(=O)O.CC(C)(C)CC(C)(C)CC(=O)O.[Zr]. The molecule has 0 aliphatic rings. The zero-order valence-corrected chi connectivity index (χ0v) is 38.8. The van der Waals surface area contributed by atoms with Crippen molar-refractivity contribution in [3.8, 4) is 0 Å². The van der Waals surface area contributed by atoms with Crippen LogP contribution in [0.4, 0.5) is 0 Å². The molecule has 0 aliphatic heterocycles. The predicted octanol–water partition coefficient (Wildman–Crippen LogP) is 10.5. The summed E-state index contributed by atoms with van der Waals surface area (Å²) < 4.78 is 10.8. The number of carbonyl (C=O) groups is 3. The second-order valence-electron chi connectivity index (χ2n) is 20.0. The maximum atomic E-state index is 10.5. The van der Waals surface area contributed by atoms with Gasteiger partial charge in [0.25, 0.3) is 0 Å². The first-order valence-electron chi connectivity index (χ1n) is 18.3. The van der Waals surface area contributed by atoms with E-state index >= 15 is 0 Å². The zero-order chi connectivity index (χ0) is 41.5. The summed E-state index contributed by atoms with van der Waals surface area (Å²) >= 11 is 0. The molecule has 0 rings (SSSR count). The van der Waals surface area contributed by atoms with E-state index in [-0.39, 0.29) is 90.0 Å². The molecular weight excluding hydrogens is 740 g/mol. The van der Waals surface area contributed by atoms with Crippen LogP contribution in [0.5, 0.6) is 0 Å². The third kappa shape index (κ3) is 44.8. The molecule has 0 amide bonds. The van der Waals surface area contributed by atoms with Crippen LogP contribution in [0, 0.1) is 37.9 Å². The first-order chi connectivity index (χ1) is 22.6. The first kappa shape index (κ1) is 59.9. The number of hydrogen-bond donors (Lipinski definition) is 4. The van der Waals surface area contributed by atoms with Crippen LogP contribution in [-0.4, -0.2) is 71.4 Å². The molecule has 308 valence electrons. The summed E-state index contributed by atoms with van der Waals surface area (Å²) in [6.07, 6.45) is 7.78. The van der Waals surface area contributed by atoms with E-state index in [1.54, 1.807) is 12.2 Å². The molecule has 9 nitrogen and oxygen atoms in total. The van der Waals surface area contributed by atoms with Crippen molar-refractivity contribution in [1.29, 1.82) is 0 Å². The molecule has 0 bridgehead atoms. The molecule has 0 radical (unpaired) electrons. The minimum Gasteiger partial charge on any atom is -0.481 e. The molecule has 52 heavy (non-hydrogen) atoms. The third-order valence-electron chi connectivity index (χ3n) is 7.29. The van der Waals surface area contributed by atoms with Gasteiger partial charge in [0.15, 0.2) is 0 Å². The maximum absolute atomic E-state index is 10.5. The van der Waals surface area contributed by atoms with Gasteiger partial charge in [-0.15, -0.1) is 13.2 Å². The van der Waals surface area contributed by atoms with Crippen LogP contribution in [0.1, 0.15) is 156 Å². The minimum atomic E-state index is -0.704. The monoisotopic (exact) mass is 821 g/mol. The number of hydrogen-bond acceptors (Lipinski definition) is 6. The minimum absolute atomic E-state index is 0. The Morgan fingerprint density at radius 3 is 0.904 bits per heavy atom. The normalized spacial score (nSPS) is 12.3. The molecule has 0 saturated carbocycles. The summed E-state index contributed by atoms with van der Waals surface area (Å²) in [6, 6.07) is 0. The summed E-state index contributed by atoms with van der Waals surface area (Å²) in [7, 11) is 0. The Morgan fingerprint density at radius 1 is 0.538 bits per heavy atom. The topological polar surface area (TPSA) is 151 Å². The summed E-state index contributed by atoms with van der Waals surface area (Å²) in [6.45, 7) is 42.5. The van der Waals surface area contributed by atoms with Gasteiger partial charge in [0.2, 0.25) is 0 Å². The Morgan fingerprint density at radius 2 is 0.769 bits per heavy atom. The molecule has 0 aromatic rings. The largest absolute Gasteiger partial charge is 0.481 e. The van der Waals surface area contributed by atoms with E-state index in [1.807, 2.05) is 48.5 Å². The van der Waals surface area contributed by atoms with Crippen LogP contribution in [0.3, 0.4) is 0 Å². The number of carboxylic acids is 3. The summed E-state index contributed by atoms with van der Waals surface area (Å²) in [5.41, 5.74) is 0.0428. The van der Waals surface area contributed by atoms with Crippen molar-refractivity contribution in [3.63, 3.8) is 0 Å². The summed E-state index contributed by atoms with van der Waals surface area (Å²) in [5.74, 6) is -2.11. The van der Waals surface area contributed by atoms with Crippen molar-refractivity contribution in [3.05, 3.63) is 25.3 Å². The fraction of sp³-hybridized carbons (Fsp3) is 0.833. The Labute approximate surface area is 338 Å². The number of aliphatic hydroxyl groups is 1. The van der Waals surface area contributed by atoms with Gasteiger partial charge in [-0.05, 0) is 58.2 Å². The molecule has 0 unspecified atom stereocenters. The van der Waals surface area contributed by atoms with Gasteiger partial charge in [0.05, 0.1) is 52.3 Å². The fourth-order valence-electron chi connectivity index (χ4n) is 6.89. The fourth-order valence-corrected chi connectivity index (χ4v) is 6.89. The van der Waals surface area contributed by atoms with Crippen molar-refractivity contribution in [2.45, 2.75) is 156 Å². The third-order valence-corrected chi connectivity index (χ3v) is 7.29. The van der Waals surface area contributed by atoms with Crippen LogP contribution in [-0.2, 0) is 50.1 Å². The van der Waals surface area contributed by atoms with E-state index < -0.39 is 17.9 Å². The molecule has 10 heteroatoms. The van der Waals surface area contributed by atoms with Gasteiger partial charge in [0.1, 0.15) is 0 Å². The van der Waals surface area contributed by atoms with Gasteiger partial charge in [-0.2, -0.15) is 0 Å². The molecule has 0 saturated heterocycles. The smallest absolute Gasteiger partial charge is 0.303 e. The van der Waals surface area contributed by atoms with Gasteiger partial charge >= 0.3 is 17.9 Å². The quantitative estimate of drug-likeness (QED) is 0.0737. The van der Waals surface area contributed by atoms with Crippen LogP contribution >= 0.6 is 0 Å². The van der Waals surface area contributed by atoms with E-state index in [9.17, 15) is 19.5 Å². The van der Waals surface area contributed by atoms with Crippen LogP contribution < -0.4 is 0 Å². The molecule has 4 N–H and O–H groups in total. The molecule has 0 fully saturated rings. The van der Waals surface area contributed by atoms with Crippen LogP contribution in [0.25, 0.3) is 0 Å². The molecule has 0 aromatic carbocycles. The first-order valence-corrected chi connectivity index (χ1v) is 18.3. The zero-order valence-electron chi connectivity index (χ0n) is 36.4. The van der Waals surface area contributed by atoms with Crippen LogP contribution in [0.15, 0.2) is 25.3 Å². The van der Waals surface area contributed by atoms with Crippen molar-refractivity contribution in [2.75, 3.05) is 33.0 Å². The van der Waals surface area contributed by atoms with Gasteiger partial charge in [-0.25, -0.2) is 0 Å². The van der Waals surface area contributed by atoms with Gasteiger partial charge in [0, 0.05) is 31.6 Å².